The van der Waals surface area contributed by atoms with Gasteiger partial charge in [0.25, 0.3) is 0 Å². The van der Waals surface area contributed by atoms with Crippen molar-refractivity contribution in [2.75, 3.05) is 13.1 Å². The van der Waals surface area contributed by atoms with Crippen LogP contribution in [0.2, 0.25) is 5.02 Å². The molecule has 1 saturated carbocycles. The molecule has 0 amide bonds. The lowest BCUT2D eigenvalue weighted by atomic mass is 10.0. The van der Waals surface area contributed by atoms with E-state index in [1.165, 1.54) is 31.4 Å². The van der Waals surface area contributed by atoms with Crippen LogP contribution < -0.4 is 5.73 Å². The molecule has 1 fully saturated rings. The van der Waals surface area contributed by atoms with Gasteiger partial charge in [0, 0.05) is 23.7 Å². The molecule has 0 aromatic heterocycles. The second-order valence-electron chi connectivity index (χ2n) is 6.40. The summed E-state index contributed by atoms with van der Waals surface area (Å²) in [5.74, 6) is 0.779. The van der Waals surface area contributed by atoms with Crippen molar-refractivity contribution in [3.8, 4) is 0 Å². The van der Waals surface area contributed by atoms with Crippen molar-refractivity contribution in [2.24, 2.45) is 11.7 Å². The van der Waals surface area contributed by atoms with E-state index in [4.69, 9.17) is 17.3 Å². The minimum absolute atomic E-state index is 0.118. The number of benzene rings is 1. The fourth-order valence-electron chi connectivity index (χ4n) is 2.52. The lowest BCUT2D eigenvalue weighted by molar-refractivity contribution is 0.239. The zero-order valence-electron chi connectivity index (χ0n) is 12.7. The molecule has 1 atom stereocenters. The molecule has 112 valence electrons. The Hall–Kier alpha value is -0.570. The highest BCUT2D eigenvalue weighted by Gasteiger charge is 2.28. The average Bonchev–Trinajstić information content (AvgIpc) is 3.23. The molecule has 2 nitrogen and oxygen atoms in total. The third-order valence-corrected chi connectivity index (χ3v) is 4.33. The maximum Gasteiger partial charge on any atom is 0.0406 e. The number of hydrogen-bond donors (Lipinski definition) is 1. The molecule has 2 rings (SSSR count). The lowest BCUT2D eigenvalue weighted by Crippen LogP contribution is -2.31. The monoisotopic (exact) mass is 294 g/mol. The van der Waals surface area contributed by atoms with E-state index in [0.29, 0.717) is 0 Å². The Balaban J connectivity index is 1.80. The van der Waals surface area contributed by atoms with Gasteiger partial charge in [-0.3, -0.25) is 0 Å². The first-order valence-electron chi connectivity index (χ1n) is 7.81. The van der Waals surface area contributed by atoms with E-state index in [9.17, 15) is 0 Å². The standard InChI is InChI=1S/C17H27ClN2/c1-13(2)9-11-20(16-7-8-16)12-10-17(19)14-3-5-15(18)6-4-14/h3-6,13,16-17H,7-12,19H2,1-2H3. The quantitative estimate of drug-likeness (QED) is 0.777. The summed E-state index contributed by atoms with van der Waals surface area (Å²) in [5.41, 5.74) is 7.49. The van der Waals surface area contributed by atoms with Crippen molar-refractivity contribution in [3.63, 3.8) is 0 Å². The van der Waals surface area contributed by atoms with Gasteiger partial charge >= 0.3 is 0 Å². The Morgan fingerprint density at radius 2 is 1.75 bits per heavy atom. The van der Waals surface area contributed by atoms with Crippen LogP contribution in [0.15, 0.2) is 24.3 Å². The number of nitrogens with zero attached hydrogens (tertiary/aromatic N) is 1. The fourth-order valence-corrected chi connectivity index (χ4v) is 2.65. The topological polar surface area (TPSA) is 29.3 Å². The molecule has 1 unspecified atom stereocenters. The number of hydrogen-bond acceptors (Lipinski definition) is 2. The first-order chi connectivity index (χ1) is 9.56. The highest BCUT2D eigenvalue weighted by Crippen LogP contribution is 2.28. The molecule has 0 bridgehead atoms. The third-order valence-electron chi connectivity index (χ3n) is 4.08. The molecule has 1 aromatic carbocycles. The highest BCUT2D eigenvalue weighted by atomic mass is 35.5. The van der Waals surface area contributed by atoms with Gasteiger partial charge in [0.2, 0.25) is 0 Å². The van der Waals surface area contributed by atoms with E-state index in [1.807, 2.05) is 24.3 Å². The van der Waals surface area contributed by atoms with E-state index in [2.05, 4.69) is 18.7 Å². The summed E-state index contributed by atoms with van der Waals surface area (Å²) in [5, 5.41) is 0.775. The van der Waals surface area contributed by atoms with Gasteiger partial charge in [0.05, 0.1) is 0 Å². The van der Waals surface area contributed by atoms with Gasteiger partial charge in [-0.15, -0.1) is 0 Å². The van der Waals surface area contributed by atoms with Crippen molar-refractivity contribution in [1.29, 1.82) is 0 Å². The maximum atomic E-state index is 6.30. The van der Waals surface area contributed by atoms with Crippen LogP contribution >= 0.6 is 11.6 Å². The summed E-state index contributed by atoms with van der Waals surface area (Å²) < 4.78 is 0. The normalized spacial score (nSPS) is 16.9. The third kappa shape index (κ3) is 5.08. The molecule has 1 aliphatic carbocycles. The first kappa shape index (κ1) is 15.8. The van der Waals surface area contributed by atoms with E-state index in [0.717, 1.165) is 29.9 Å². The summed E-state index contributed by atoms with van der Waals surface area (Å²) in [6.07, 6.45) is 5.05. The van der Waals surface area contributed by atoms with E-state index in [-0.39, 0.29) is 6.04 Å². The van der Waals surface area contributed by atoms with Gasteiger partial charge in [-0.1, -0.05) is 37.6 Å². The van der Waals surface area contributed by atoms with E-state index in [1.54, 1.807) is 0 Å². The van der Waals surface area contributed by atoms with Crippen LogP contribution in [0.3, 0.4) is 0 Å². The molecule has 20 heavy (non-hydrogen) atoms. The second-order valence-corrected chi connectivity index (χ2v) is 6.83. The number of nitrogens with two attached hydrogens (primary N) is 1. The number of halogens is 1. The summed E-state index contributed by atoms with van der Waals surface area (Å²) in [7, 11) is 0. The van der Waals surface area contributed by atoms with Crippen molar-refractivity contribution in [1.82, 2.24) is 4.90 Å². The van der Waals surface area contributed by atoms with Gasteiger partial charge in [0.15, 0.2) is 0 Å². The summed E-state index contributed by atoms with van der Waals surface area (Å²) >= 11 is 5.92. The van der Waals surface area contributed by atoms with Crippen molar-refractivity contribution in [3.05, 3.63) is 34.9 Å². The second kappa shape index (κ2) is 7.44. The lowest BCUT2D eigenvalue weighted by Gasteiger charge is -2.24. The minimum atomic E-state index is 0.118. The average molecular weight is 295 g/mol. The van der Waals surface area contributed by atoms with Crippen molar-refractivity contribution >= 4 is 11.6 Å². The molecule has 0 heterocycles. The summed E-state index contributed by atoms with van der Waals surface area (Å²) in [6, 6.07) is 8.88. The summed E-state index contributed by atoms with van der Waals surface area (Å²) in [4.78, 5) is 2.63. The molecule has 0 radical (unpaired) electrons. The van der Waals surface area contributed by atoms with Crippen LogP contribution in [0.1, 0.15) is 51.1 Å². The van der Waals surface area contributed by atoms with Crippen LogP contribution in [0.5, 0.6) is 0 Å². The van der Waals surface area contributed by atoms with Gasteiger partial charge in [-0.25, -0.2) is 0 Å². The molecular formula is C17H27ClN2. The molecule has 0 aliphatic heterocycles. The Labute approximate surface area is 128 Å². The van der Waals surface area contributed by atoms with Crippen molar-refractivity contribution < 1.29 is 0 Å². The van der Waals surface area contributed by atoms with Crippen LogP contribution in [-0.2, 0) is 0 Å². The van der Waals surface area contributed by atoms with Crippen LogP contribution in [-0.4, -0.2) is 24.0 Å². The van der Waals surface area contributed by atoms with E-state index < -0.39 is 0 Å². The molecular weight excluding hydrogens is 268 g/mol. The van der Waals surface area contributed by atoms with Crippen molar-refractivity contribution in [2.45, 2.75) is 51.6 Å². The van der Waals surface area contributed by atoms with Gasteiger partial charge in [0.1, 0.15) is 0 Å². The smallest absolute Gasteiger partial charge is 0.0406 e. The van der Waals surface area contributed by atoms with Crippen LogP contribution in [0, 0.1) is 5.92 Å². The van der Waals surface area contributed by atoms with Crippen LogP contribution in [0.4, 0.5) is 0 Å². The highest BCUT2D eigenvalue weighted by molar-refractivity contribution is 6.30. The fraction of sp³-hybridized carbons (Fsp3) is 0.647. The molecule has 1 aromatic rings. The Morgan fingerprint density at radius 1 is 1.15 bits per heavy atom. The van der Waals surface area contributed by atoms with E-state index >= 15 is 0 Å². The van der Waals surface area contributed by atoms with Gasteiger partial charge < -0.3 is 10.6 Å². The Morgan fingerprint density at radius 3 is 2.30 bits per heavy atom. The summed E-state index contributed by atoms with van der Waals surface area (Å²) in [6.45, 7) is 6.92. The molecule has 0 saturated heterocycles. The Kier molecular flexibility index (Phi) is 5.88. The predicted octanol–water partition coefficient (Wildman–Crippen LogP) is 4.24. The minimum Gasteiger partial charge on any atom is -0.324 e. The largest absolute Gasteiger partial charge is 0.324 e. The van der Waals surface area contributed by atoms with Gasteiger partial charge in [-0.2, -0.15) is 0 Å². The molecule has 2 N–H and O–H groups in total. The molecule has 3 heteroatoms. The Bertz CT molecular complexity index is 398. The predicted molar refractivity (Wildman–Crippen MR) is 87.0 cm³/mol. The molecule has 1 aliphatic rings. The number of rotatable bonds is 8. The van der Waals surface area contributed by atoms with Gasteiger partial charge in [-0.05, 0) is 55.8 Å². The maximum absolute atomic E-state index is 6.30. The molecule has 0 spiro atoms. The van der Waals surface area contributed by atoms with Crippen LogP contribution in [0.25, 0.3) is 0 Å². The SMILES string of the molecule is CC(C)CCN(CCC(N)c1ccc(Cl)cc1)C1CC1. The zero-order chi connectivity index (χ0) is 14.5. The first-order valence-corrected chi connectivity index (χ1v) is 8.19. The zero-order valence-corrected chi connectivity index (χ0v) is 13.4.